The van der Waals surface area contributed by atoms with Gasteiger partial charge in [0.25, 0.3) is 5.56 Å². The van der Waals surface area contributed by atoms with Crippen molar-refractivity contribution >= 4 is 33.4 Å². The Bertz CT molecular complexity index is 896. The van der Waals surface area contributed by atoms with Crippen LogP contribution in [0.1, 0.15) is 34.9 Å². The zero-order chi connectivity index (χ0) is 18.8. The lowest BCUT2D eigenvalue weighted by Gasteiger charge is -2.31. The molecule has 9 heteroatoms. The highest BCUT2D eigenvalue weighted by Gasteiger charge is 2.24. The molecule has 0 aliphatic carbocycles. The molecule has 2 aromatic rings. The molecular weight excluding hydrogens is 356 g/mol. The second-order valence-corrected chi connectivity index (χ2v) is 7.40. The molecule has 8 nitrogen and oxygen atoms in total. The van der Waals surface area contributed by atoms with Gasteiger partial charge in [-0.05, 0) is 19.4 Å². The van der Waals surface area contributed by atoms with Crippen LogP contribution in [0, 0.1) is 6.92 Å². The summed E-state index contributed by atoms with van der Waals surface area (Å²) < 4.78 is 5.05. The molecule has 1 saturated heterocycles. The number of rotatable bonds is 4. The van der Waals surface area contributed by atoms with Crippen molar-refractivity contribution in [3.8, 4) is 0 Å². The molecule has 0 atom stereocenters. The van der Waals surface area contributed by atoms with E-state index in [1.807, 2.05) is 4.90 Å². The van der Waals surface area contributed by atoms with Gasteiger partial charge in [0.15, 0.2) is 5.82 Å². The lowest BCUT2D eigenvalue weighted by atomic mass is 10.2. The van der Waals surface area contributed by atoms with Gasteiger partial charge in [-0.3, -0.25) is 9.59 Å². The van der Waals surface area contributed by atoms with Crippen LogP contribution < -0.4 is 10.5 Å². The average Bonchev–Trinajstić information content (AvgIpc) is 2.93. The predicted octanol–water partition coefficient (Wildman–Crippen LogP) is -0.283. The second-order valence-electron chi connectivity index (χ2n) is 6.40. The van der Waals surface area contributed by atoms with Crippen molar-refractivity contribution in [2.24, 2.45) is 0 Å². The fraction of sp³-hybridized carbons (Fsp3) is 0.529. The third kappa shape index (κ3) is 3.63. The van der Waals surface area contributed by atoms with Crippen LogP contribution in [-0.2, 0) is 16.1 Å². The number of hydrogen-bond acceptors (Lipinski definition) is 6. The van der Waals surface area contributed by atoms with Crippen LogP contribution in [-0.4, -0.2) is 59.5 Å². The highest BCUT2D eigenvalue weighted by molar-refractivity contribution is 7.20. The number of fused-ring (bicyclic) bond motifs is 1. The molecule has 1 amide bonds. The maximum atomic E-state index is 12.5. The SMILES string of the molecule is CCOC(=O)c1sc2nc(C[NH+]3CCN(C(C)=O)CC3)[nH]c(=O)c2c1C. The summed E-state index contributed by atoms with van der Waals surface area (Å²) in [5.74, 6) is 0.280. The quantitative estimate of drug-likeness (QED) is 0.712. The first-order valence-corrected chi connectivity index (χ1v) is 9.50. The second kappa shape index (κ2) is 7.55. The van der Waals surface area contributed by atoms with Gasteiger partial charge in [0, 0.05) is 6.92 Å². The molecule has 0 radical (unpaired) electrons. The van der Waals surface area contributed by atoms with Crippen molar-refractivity contribution in [2.45, 2.75) is 27.3 Å². The Morgan fingerprint density at radius 1 is 1.35 bits per heavy atom. The third-order valence-corrected chi connectivity index (χ3v) is 5.81. The first kappa shape index (κ1) is 18.5. The first-order valence-electron chi connectivity index (χ1n) is 8.69. The summed E-state index contributed by atoms with van der Waals surface area (Å²) in [7, 11) is 0. The van der Waals surface area contributed by atoms with E-state index in [9.17, 15) is 14.4 Å². The first-order chi connectivity index (χ1) is 12.4. The number of hydrogen-bond donors (Lipinski definition) is 2. The van der Waals surface area contributed by atoms with Crippen molar-refractivity contribution in [2.75, 3.05) is 32.8 Å². The summed E-state index contributed by atoms with van der Waals surface area (Å²) in [5.41, 5.74) is 0.391. The highest BCUT2D eigenvalue weighted by atomic mass is 32.1. The normalized spacial score (nSPS) is 15.4. The molecule has 0 unspecified atom stereocenters. The number of carbonyl (C=O) groups excluding carboxylic acids is 2. The van der Waals surface area contributed by atoms with Crippen molar-refractivity contribution in [1.82, 2.24) is 14.9 Å². The van der Waals surface area contributed by atoms with E-state index in [4.69, 9.17) is 4.74 Å². The number of H-pyrrole nitrogens is 1. The molecule has 0 aromatic carbocycles. The minimum Gasteiger partial charge on any atom is -0.462 e. The molecule has 2 N–H and O–H groups in total. The number of aromatic nitrogens is 2. The number of aromatic amines is 1. The van der Waals surface area contributed by atoms with E-state index in [-0.39, 0.29) is 18.1 Å². The predicted molar refractivity (Wildman–Crippen MR) is 97.6 cm³/mol. The lowest BCUT2D eigenvalue weighted by Crippen LogP contribution is -3.13. The van der Waals surface area contributed by atoms with Crippen LogP contribution in [0.5, 0.6) is 0 Å². The molecule has 2 aromatic heterocycles. The van der Waals surface area contributed by atoms with Gasteiger partial charge in [-0.25, -0.2) is 9.78 Å². The van der Waals surface area contributed by atoms with Gasteiger partial charge >= 0.3 is 5.97 Å². The van der Waals surface area contributed by atoms with E-state index < -0.39 is 5.97 Å². The summed E-state index contributed by atoms with van der Waals surface area (Å²) >= 11 is 1.20. The molecule has 3 rings (SSSR count). The maximum absolute atomic E-state index is 12.5. The summed E-state index contributed by atoms with van der Waals surface area (Å²) in [4.78, 5) is 47.4. The van der Waals surface area contributed by atoms with E-state index in [1.165, 1.54) is 16.2 Å². The lowest BCUT2D eigenvalue weighted by molar-refractivity contribution is -0.918. The number of nitrogens with one attached hydrogen (secondary N) is 2. The van der Waals surface area contributed by atoms with Crippen LogP contribution in [0.15, 0.2) is 4.79 Å². The van der Waals surface area contributed by atoms with Gasteiger partial charge in [-0.15, -0.1) is 11.3 Å². The van der Waals surface area contributed by atoms with Crippen molar-refractivity contribution in [3.05, 3.63) is 26.6 Å². The average molecular weight is 379 g/mol. The number of aryl methyl sites for hydroxylation is 1. The summed E-state index contributed by atoms with van der Waals surface area (Å²) in [6, 6.07) is 0. The van der Waals surface area contributed by atoms with Crippen LogP contribution >= 0.6 is 11.3 Å². The third-order valence-electron chi connectivity index (χ3n) is 4.64. The fourth-order valence-electron chi connectivity index (χ4n) is 3.21. The largest absolute Gasteiger partial charge is 0.462 e. The van der Waals surface area contributed by atoms with E-state index in [0.29, 0.717) is 46.1 Å². The van der Waals surface area contributed by atoms with Crippen LogP contribution in [0.3, 0.4) is 0 Å². The van der Waals surface area contributed by atoms with Crippen molar-refractivity contribution in [3.63, 3.8) is 0 Å². The number of piperazine rings is 1. The zero-order valence-electron chi connectivity index (χ0n) is 15.2. The number of ether oxygens (including phenoxy) is 1. The van der Waals surface area contributed by atoms with Gasteiger partial charge in [0.2, 0.25) is 5.91 Å². The molecule has 0 saturated carbocycles. The Balaban J connectivity index is 1.82. The standard InChI is InChI=1S/C17H22N4O4S/c1-4-25-17(24)14-10(2)13-15(23)18-12(19-16(13)26-14)9-20-5-7-21(8-6-20)11(3)22/h4-9H2,1-3H3,(H,18,19,23)/p+1. The number of amides is 1. The van der Waals surface area contributed by atoms with E-state index in [1.54, 1.807) is 20.8 Å². The zero-order valence-corrected chi connectivity index (χ0v) is 16.0. The van der Waals surface area contributed by atoms with Gasteiger partial charge in [-0.2, -0.15) is 0 Å². The minimum atomic E-state index is -0.417. The van der Waals surface area contributed by atoms with Crippen LogP contribution in [0.25, 0.3) is 10.2 Å². The Morgan fingerprint density at radius 3 is 2.65 bits per heavy atom. The molecule has 1 aliphatic rings. The number of esters is 1. The Labute approximate surface area is 154 Å². The van der Waals surface area contributed by atoms with Crippen LogP contribution in [0.4, 0.5) is 0 Å². The van der Waals surface area contributed by atoms with Crippen LogP contribution in [0.2, 0.25) is 0 Å². The number of nitrogens with zero attached hydrogens (tertiary/aromatic N) is 2. The molecule has 3 heterocycles. The monoisotopic (exact) mass is 379 g/mol. The van der Waals surface area contributed by atoms with E-state index >= 15 is 0 Å². The van der Waals surface area contributed by atoms with Gasteiger partial charge < -0.3 is 19.5 Å². The molecule has 1 aliphatic heterocycles. The number of carbonyl (C=O) groups is 2. The molecule has 140 valence electrons. The molecule has 1 fully saturated rings. The van der Waals surface area contributed by atoms with Gasteiger partial charge in [0.1, 0.15) is 16.3 Å². The summed E-state index contributed by atoms with van der Waals surface area (Å²) in [6.07, 6.45) is 0. The minimum absolute atomic E-state index is 0.0950. The summed E-state index contributed by atoms with van der Waals surface area (Å²) in [5, 5.41) is 0.457. The molecule has 0 bridgehead atoms. The van der Waals surface area contributed by atoms with E-state index in [0.717, 1.165) is 13.1 Å². The fourth-order valence-corrected chi connectivity index (χ4v) is 4.31. The van der Waals surface area contributed by atoms with Gasteiger partial charge in [0.05, 0.1) is 38.2 Å². The molecule has 0 spiro atoms. The molecule has 26 heavy (non-hydrogen) atoms. The smallest absolute Gasteiger partial charge is 0.348 e. The topological polar surface area (TPSA) is 96.8 Å². The number of quaternary nitrogens is 1. The summed E-state index contributed by atoms with van der Waals surface area (Å²) in [6.45, 7) is 9.01. The Morgan fingerprint density at radius 2 is 2.04 bits per heavy atom. The Kier molecular flexibility index (Phi) is 5.38. The van der Waals surface area contributed by atoms with Crippen molar-refractivity contribution in [1.29, 1.82) is 0 Å². The van der Waals surface area contributed by atoms with E-state index in [2.05, 4.69) is 9.97 Å². The van der Waals surface area contributed by atoms with Crippen molar-refractivity contribution < 1.29 is 19.2 Å². The van der Waals surface area contributed by atoms with Gasteiger partial charge in [-0.1, -0.05) is 0 Å². The molecular formula is C17H23N4O4S+. The maximum Gasteiger partial charge on any atom is 0.348 e. The Hall–Kier alpha value is -2.26. The number of thiophene rings is 1. The highest BCUT2D eigenvalue weighted by Crippen LogP contribution is 2.27.